The lowest BCUT2D eigenvalue weighted by Crippen LogP contribution is -2.13. The SMILES string of the molecule is NS(=O)(=O)c1ccc(NC(=O)c2ccoc2Cl)cc1. The van der Waals surface area contributed by atoms with Gasteiger partial charge >= 0.3 is 0 Å². The zero-order chi connectivity index (χ0) is 14.0. The highest BCUT2D eigenvalue weighted by Crippen LogP contribution is 2.19. The summed E-state index contributed by atoms with van der Waals surface area (Å²) in [7, 11) is -3.75. The molecule has 3 N–H and O–H groups in total. The second-order valence-corrected chi connectivity index (χ2v) is 5.54. The van der Waals surface area contributed by atoms with E-state index in [1.54, 1.807) is 0 Å². The van der Waals surface area contributed by atoms with Gasteiger partial charge in [-0.1, -0.05) is 0 Å². The molecule has 0 aliphatic carbocycles. The fourth-order valence-electron chi connectivity index (χ4n) is 1.38. The van der Waals surface area contributed by atoms with Crippen molar-refractivity contribution in [2.45, 2.75) is 4.90 Å². The average molecular weight is 301 g/mol. The monoisotopic (exact) mass is 300 g/mol. The molecule has 1 amide bonds. The second-order valence-electron chi connectivity index (χ2n) is 3.63. The van der Waals surface area contributed by atoms with Crippen LogP contribution >= 0.6 is 11.6 Å². The summed E-state index contributed by atoms with van der Waals surface area (Å²) in [4.78, 5) is 11.7. The lowest BCUT2D eigenvalue weighted by atomic mass is 10.3. The number of anilines is 1. The van der Waals surface area contributed by atoms with Crippen LogP contribution in [0.5, 0.6) is 0 Å². The van der Waals surface area contributed by atoms with E-state index in [2.05, 4.69) is 5.32 Å². The van der Waals surface area contributed by atoms with Crippen molar-refractivity contribution >= 4 is 33.2 Å². The zero-order valence-corrected chi connectivity index (χ0v) is 11.0. The molecule has 0 fully saturated rings. The Hall–Kier alpha value is -1.83. The van der Waals surface area contributed by atoms with Crippen LogP contribution in [0.1, 0.15) is 10.4 Å². The highest BCUT2D eigenvalue weighted by atomic mass is 35.5. The van der Waals surface area contributed by atoms with E-state index in [1.165, 1.54) is 36.6 Å². The van der Waals surface area contributed by atoms with Gasteiger partial charge in [-0.3, -0.25) is 4.79 Å². The quantitative estimate of drug-likeness (QED) is 0.902. The number of hydrogen-bond donors (Lipinski definition) is 2. The summed E-state index contributed by atoms with van der Waals surface area (Å²) in [6.45, 7) is 0. The van der Waals surface area contributed by atoms with Gasteiger partial charge in [0.25, 0.3) is 5.91 Å². The molecular formula is C11H9ClN2O4S. The van der Waals surface area contributed by atoms with Crippen molar-refractivity contribution in [3.63, 3.8) is 0 Å². The van der Waals surface area contributed by atoms with Crippen molar-refractivity contribution < 1.29 is 17.6 Å². The number of amides is 1. The van der Waals surface area contributed by atoms with Crippen LogP contribution in [0.2, 0.25) is 5.22 Å². The summed E-state index contributed by atoms with van der Waals surface area (Å²) in [6, 6.07) is 6.86. The fourth-order valence-corrected chi connectivity index (χ4v) is 2.10. The Morgan fingerprint density at radius 3 is 2.32 bits per heavy atom. The number of rotatable bonds is 3. The van der Waals surface area contributed by atoms with Crippen LogP contribution in [0.15, 0.2) is 45.9 Å². The third kappa shape index (κ3) is 3.14. The topological polar surface area (TPSA) is 102 Å². The number of furan rings is 1. The number of primary sulfonamides is 1. The van der Waals surface area contributed by atoms with E-state index in [-0.39, 0.29) is 15.7 Å². The number of nitrogens with two attached hydrogens (primary N) is 1. The maximum atomic E-state index is 11.8. The van der Waals surface area contributed by atoms with Crippen LogP contribution in [0.4, 0.5) is 5.69 Å². The first-order chi connectivity index (χ1) is 8.88. The molecule has 2 aromatic rings. The van der Waals surface area contributed by atoms with Gasteiger partial charge in [0.2, 0.25) is 15.2 Å². The van der Waals surface area contributed by atoms with E-state index in [4.69, 9.17) is 21.2 Å². The number of carbonyl (C=O) groups is 1. The first-order valence-corrected chi connectivity index (χ1v) is 6.97. The molecule has 8 heteroatoms. The van der Waals surface area contributed by atoms with Crippen molar-refractivity contribution in [3.8, 4) is 0 Å². The zero-order valence-electron chi connectivity index (χ0n) is 9.46. The van der Waals surface area contributed by atoms with Crippen molar-refractivity contribution in [2.24, 2.45) is 5.14 Å². The van der Waals surface area contributed by atoms with Gasteiger partial charge < -0.3 is 9.73 Å². The normalized spacial score (nSPS) is 11.3. The Balaban J connectivity index is 2.17. The molecule has 19 heavy (non-hydrogen) atoms. The van der Waals surface area contributed by atoms with Gasteiger partial charge in [-0.2, -0.15) is 0 Å². The van der Waals surface area contributed by atoms with Crippen LogP contribution < -0.4 is 10.5 Å². The maximum Gasteiger partial charge on any atom is 0.260 e. The molecular weight excluding hydrogens is 292 g/mol. The number of hydrogen-bond acceptors (Lipinski definition) is 4. The standard InChI is InChI=1S/C11H9ClN2O4S/c12-10-9(5-6-18-10)11(15)14-7-1-3-8(4-2-7)19(13,16)17/h1-6H,(H,14,15)(H2,13,16,17). The van der Waals surface area contributed by atoms with E-state index < -0.39 is 15.9 Å². The molecule has 0 unspecified atom stereocenters. The van der Waals surface area contributed by atoms with Crippen molar-refractivity contribution in [3.05, 3.63) is 47.4 Å². The Labute approximate surface area is 114 Å². The molecule has 1 aromatic heterocycles. The number of carbonyl (C=O) groups excluding carboxylic acids is 1. The number of halogens is 1. The molecule has 1 heterocycles. The first-order valence-electron chi connectivity index (χ1n) is 5.05. The van der Waals surface area contributed by atoms with Crippen LogP contribution in [-0.2, 0) is 10.0 Å². The lowest BCUT2D eigenvalue weighted by Gasteiger charge is -2.04. The van der Waals surface area contributed by atoms with Crippen LogP contribution in [-0.4, -0.2) is 14.3 Å². The lowest BCUT2D eigenvalue weighted by molar-refractivity contribution is 0.102. The largest absolute Gasteiger partial charge is 0.452 e. The predicted octanol–water partition coefficient (Wildman–Crippen LogP) is 1.83. The van der Waals surface area contributed by atoms with Crippen LogP contribution in [0.3, 0.4) is 0 Å². The maximum absolute atomic E-state index is 11.8. The summed E-state index contributed by atoms with van der Waals surface area (Å²) >= 11 is 5.66. The highest BCUT2D eigenvalue weighted by Gasteiger charge is 2.13. The van der Waals surface area contributed by atoms with Gasteiger partial charge in [-0.05, 0) is 41.9 Å². The van der Waals surface area contributed by atoms with E-state index in [9.17, 15) is 13.2 Å². The molecule has 0 radical (unpaired) electrons. The van der Waals surface area contributed by atoms with Gasteiger partial charge in [0.15, 0.2) is 0 Å². The third-order valence-electron chi connectivity index (χ3n) is 2.30. The van der Waals surface area contributed by atoms with E-state index in [1.807, 2.05) is 0 Å². The van der Waals surface area contributed by atoms with E-state index in [0.29, 0.717) is 5.69 Å². The molecule has 0 bridgehead atoms. The molecule has 0 saturated carbocycles. The summed E-state index contributed by atoms with van der Waals surface area (Å²) in [5.74, 6) is -0.456. The molecule has 6 nitrogen and oxygen atoms in total. The van der Waals surface area contributed by atoms with Crippen molar-refractivity contribution in [1.29, 1.82) is 0 Å². The average Bonchev–Trinajstić information content (AvgIpc) is 2.75. The van der Waals surface area contributed by atoms with Gasteiger partial charge in [0.1, 0.15) is 0 Å². The Morgan fingerprint density at radius 1 is 1.21 bits per heavy atom. The summed E-state index contributed by atoms with van der Waals surface area (Å²) in [5, 5.41) is 7.49. The third-order valence-corrected chi connectivity index (χ3v) is 3.53. The molecule has 0 saturated heterocycles. The minimum absolute atomic E-state index is 0.0151. The number of sulfonamides is 1. The van der Waals surface area contributed by atoms with Crippen LogP contribution in [0, 0.1) is 0 Å². The number of benzene rings is 1. The molecule has 0 aliphatic heterocycles. The molecule has 0 aliphatic rings. The first kappa shape index (κ1) is 13.6. The Kier molecular flexibility index (Phi) is 3.61. The fraction of sp³-hybridized carbons (Fsp3) is 0. The molecule has 2 rings (SSSR count). The second kappa shape index (κ2) is 5.04. The minimum Gasteiger partial charge on any atom is -0.452 e. The van der Waals surface area contributed by atoms with Crippen molar-refractivity contribution in [1.82, 2.24) is 0 Å². The Bertz CT molecular complexity index is 707. The van der Waals surface area contributed by atoms with E-state index in [0.717, 1.165) is 0 Å². The summed E-state index contributed by atoms with van der Waals surface area (Å²) < 4.78 is 26.9. The molecule has 0 atom stereocenters. The molecule has 0 spiro atoms. The smallest absolute Gasteiger partial charge is 0.260 e. The Morgan fingerprint density at radius 2 is 1.84 bits per heavy atom. The predicted molar refractivity (Wildman–Crippen MR) is 69.5 cm³/mol. The summed E-state index contributed by atoms with van der Waals surface area (Å²) in [5.41, 5.74) is 0.604. The van der Waals surface area contributed by atoms with Gasteiger partial charge in [0, 0.05) is 5.69 Å². The van der Waals surface area contributed by atoms with Gasteiger partial charge in [-0.15, -0.1) is 0 Å². The molecule has 1 aromatic carbocycles. The van der Waals surface area contributed by atoms with Crippen LogP contribution in [0.25, 0.3) is 0 Å². The highest BCUT2D eigenvalue weighted by molar-refractivity contribution is 7.89. The summed E-state index contributed by atoms with van der Waals surface area (Å²) in [6.07, 6.45) is 1.29. The van der Waals surface area contributed by atoms with Gasteiger partial charge in [0.05, 0.1) is 16.7 Å². The van der Waals surface area contributed by atoms with Crippen molar-refractivity contribution in [2.75, 3.05) is 5.32 Å². The number of nitrogens with one attached hydrogen (secondary N) is 1. The van der Waals surface area contributed by atoms with E-state index >= 15 is 0 Å². The minimum atomic E-state index is -3.75. The van der Waals surface area contributed by atoms with Gasteiger partial charge in [-0.25, -0.2) is 13.6 Å². The molecule has 100 valence electrons.